The van der Waals surface area contributed by atoms with Crippen molar-refractivity contribution in [3.05, 3.63) is 40.7 Å². The third kappa shape index (κ3) is 6.10. The molecule has 0 N–H and O–H groups in total. The van der Waals surface area contributed by atoms with Gasteiger partial charge in [-0.1, -0.05) is 18.2 Å². The molecular formula is C17H22F3O4P. The van der Waals surface area contributed by atoms with Crippen molar-refractivity contribution in [2.24, 2.45) is 0 Å². The molecule has 1 aromatic rings. The van der Waals surface area contributed by atoms with Gasteiger partial charge in [-0.2, -0.15) is 13.2 Å². The second-order valence-corrected chi connectivity index (χ2v) is 7.87. The summed E-state index contributed by atoms with van der Waals surface area (Å²) in [6, 6.07) is 4.72. The molecule has 0 saturated carbocycles. The van der Waals surface area contributed by atoms with E-state index in [4.69, 9.17) is 9.05 Å². The number of rotatable bonds is 7. The second kappa shape index (κ2) is 8.30. The third-order valence-electron chi connectivity index (χ3n) is 2.91. The first kappa shape index (κ1) is 21.6. The van der Waals surface area contributed by atoms with Gasteiger partial charge in [0, 0.05) is 0 Å². The fraction of sp³-hybridized carbons (Fsp3) is 0.471. The summed E-state index contributed by atoms with van der Waals surface area (Å²) < 4.78 is 63.3. The highest BCUT2D eigenvalue weighted by Crippen LogP contribution is 2.59. The van der Waals surface area contributed by atoms with Crippen molar-refractivity contribution >= 4 is 19.5 Å². The maximum atomic E-state index is 13.2. The van der Waals surface area contributed by atoms with E-state index in [1.165, 1.54) is 18.2 Å². The van der Waals surface area contributed by atoms with Gasteiger partial charge in [0.2, 0.25) is 0 Å². The van der Waals surface area contributed by atoms with Crippen LogP contribution in [-0.2, 0) is 24.6 Å². The first-order valence-electron chi connectivity index (χ1n) is 7.73. The highest BCUT2D eigenvalue weighted by Gasteiger charge is 2.37. The SMILES string of the molecule is CC(=O)C(=Cc1ccccc1C(F)(F)F)P(=O)(OC(C)C)OC(C)C. The van der Waals surface area contributed by atoms with E-state index in [0.717, 1.165) is 19.1 Å². The maximum absolute atomic E-state index is 13.2. The molecule has 0 fully saturated rings. The molecule has 0 heterocycles. The Balaban J connectivity index is 3.57. The Morgan fingerprint density at radius 3 is 1.96 bits per heavy atom. The third-order valence-corrected chi connectivity index (χ3v) is 5.35. The summed E-state index contributed by atoms with van der Waals surface area (Å²) in [5.74, 6) is -0.679. The topological polar surface area (TPSA) is 52.6 Å². The van der Waals surface area contributed by atoms with E-state index in [2.05, 4.69) is 0 Å². The van der Waals surface area contributed by atoms with Gasteiger partial charge < -0.3 is 9.05 Å². The van der Waals surface area contributed by atoms with Gasteiger partial charge in [-0.15, -0.1) is 0 Å². The minimum absolute atomic E-state index is 0.278. The number of carbonyl (C=O) groups excluding carboxylic acids is 1. The Bertz CT molecular complexity index is 679. The van der Waals surface area contributed by atoms with Gasteiger partial charge in [-0.05, 0) is 52.3 Å². The van der Waals surface area contributed by atoms with Crippen molar-refractivity contribution in [2.75, 3.05) is 0 Å². The fourth-order valence-corrected chi connectivity index (χ4v) is 4.17. The predicted molar refractivity (Wildman–Crippen MR) is 90.2 cm³/mol. The number of Topliss-reactive ketones (excluding diaryl/α,β-unsaturated/α-hetero) is 1. The number of ketones is 1. The lowest BCUT2D eigenvalue weighted by molar-refractivity contribution is -0.137. The summed E-state index contributed by atoms with van der Waals surface area (Å²) >= 11 is 0. The molecule has 0 aromatic heterocycles. The number of hydrogen-bond donors (Lipinski definition) is 0. The van der Waals surface area contributed by atoms with Crippen LogP contribution in [0.2, 0.25) is 0 Å². The van der Waals surface area contributed by atoms with Crippen LogP contribution in [-0.4, -0.2) is 18.0 Å². The first-order valence-corrected chi connectivity index (χ1v) is 9.27. The highest BCUT2D eigenvalue weighted by atomic mass is 31.2. The van der Waals surface area contributed by atoms with Gasteiger partial charge in [0.05, 0.1) is 17.8 Å². The maximum Gasteiger partial charge on any atom is 0.416 e. The van der Waals surface area contributed by atoms with E-state index in [9.17, 15) is 22.5 Å². The van der Waals surface area contributed by atoms with Crippen LogP contribution in [0.5, 0.6) is 0 Å². The van der Waals surface area contributed by atoms with Gasteiger partial charge in [0.15, 0.2) is 5.78 Å². The van der Waals surface area contributed by atoms with Crippen LogP contribution in [0.15, 0.2) is 29.6 Å². The quantitative estimate of drug-likeness (QED) is 0.453. The standard InChI is InChI=1S/C17H22F3O4P/c1-11(2)23-25(22,24-12(3)4)16(13(5)21)10-14-8-6-7-9-15(14)17(18,19)20/h6-12H,1-5H3. The van der Waals surface area contributed by atoms with E-state index in [1.54, 1.807) is 27.7 Å². The van der Waals surface area contributed by atoms with Crippen molar-refractivity contribution in [2.45, 2.75) is 53.0 Å². The summed E-state index contributed by atoms with van der Waals surface area (Å²) in [6.07, 6.45) is -4.77. The zero-order valence-corrected chi connectivity index (χ0v) is 15.6. The zero-order valence-electron chi connectivity index (χ0n) is 14.8. The van der Waals surface area contributed by atoms with E-state index in [-0.39, 0.29) is 5.56 Å². The molecule has 0 unspecified atom stereocenters. The van der Waals surface area contributed by atoms with Gasteiger partial charge in [-0.25, -0.2) is 0 Å². The van der Waals surface area contributed by atoms with Crippen LogP contribution >= 0.6 is 7.60 Å². The molecule has 0 saturated heterocycles. The molecule has 0 amide bonds. The lowest BCUT2D eigenvalue weighted by Gasteiger charge is -2.24. The second-order valence-electron chi connectivity index (χ2n) is 5.98. The zero-order chi connectivity index (χ0) is 19.4. The van der Waals surface area contributed by atoms with E-state index < -0.39 is 42.6 Å². The molecule has 0 atom stereocenters. The van der Waals surface area contributed by atoms with Crippen LogP contribution in [0.25, 0.3) is 6.08 Å². The Kier molecular flexibility index (Phi) is 7.18. The normalized spacial score (nSPS) is 13.6. The van der Waals surface area contributed by atoms with Gasteiger partial charge in [0.1, 0.15) is 5.31 Å². The fourth-order valence-electron chi connectivity index (χ4n) is 2.10. The number of allylic oxidation sites excluding steroid dienone is 1. The van der Waals surface area contributed by atoms with E-state index >= 15 is 0 Å². The van der Waals surface area contributed by atoms with E-state index in [0.29, 0.717) is 0 Å². The Hall–Kier alpha value is -1.43. The number of carbonyl (C=O) groups is 1. The van der Waals surface area contributed by atoms with E-state index in [1.807, 2.05) is 0 Å². The van der Waals surface area contributed by atoms with Crippen LogP contribution in [0.3, 0.4) is 0 Å². The molecule has 0 aliphatic heterocycles. The minimum Gasteiger partial charge on any atom is -0.302 e. The Morgan fingerprint density at radius 2 is 1.56 bits per heavy atom. The lowest BCUT2D eigenvalue weighted by Crippen LogP contribution is -2.13. The van der Waals surface area contributed by atoms with Crippen LogP contribution in [0.4, 0.5) is 13.2 Å². The number of halogens is 3. The molecule has 25 heavy (non-hydrogen) atoms. The number of hydrogen-bond acceptors (Lipinski definition) is 4. The van der Waals surface area contributed by atoms with Crippen LogP contribution < -0.4 is 0 Å². The molecule has 0 radical (unpaired) electrons. The van der Waals surface area contributed by atoms with Crippen molar-refractivity contribution in [3.8, 4) is 0 Å². The molecule has 4 nitrogen and oxygen atoms in total. The van der Waals surface area contributed by atoms with Crippen LogP contribution in [0, 0.1) is 0 Å². The van der Waals surface area contributed by atoms with Crippen molar-refractivity contribution in [3.63, 3.8) is 0 Å². The summed E-state index contributed by atoms with van der Waals surface area (Å²) in [4.78, 5) is 12.0. The van der Waals surface area contributed by atoms with Gasteiger partial charge >= 0.3 is 13.8 Å². The van der Waals surface area contributed by atoms with Gasteiger partial charge in [0.25, 0.3) is 0 Å². The number of benzene rings is 1. The average Bonchev–Trinajstić information content (AvgIpc) is 2.41. The number of alkyl halides is 3. The van der Waals surface area contributed by atoms with Gasteiger partial charge in [-0.3, -0.25) is 9.36 Å². The first-order chi connectivity index (χ1) is 11.4. The van der Waals surface area contributed by atoms with Crippen LogP contribution in [0.1, 0.15) is 45.7 Å². The summed E-state index contributed by atoms with van der Waals surface area (Å²) in [5.41, 5.74) is -1.21. The van der Waals surface area contributed by atoms with Crippen molar-refractivity contribution in [1.82, 2.24) is 0 Å². The summed E-state index contributed by atoms with van der Waals surface area (Å²) in [6.45, 7) is 7.49. The van der Waals surface area contributed by atoms with Crippen molar-refractivity contribution in [1.29, 1.82) is 0 Å². The minimum atomic E-state index is -4.61. The largest absolute Gasteiger partial charge is 0.416 e. The molecule has 0 spiro atoms. The Morgan fingerprint density at radius 1 is 1.08 bits per heavy atom. The molecule has 1 rings (SSSR count). The highest BCUT2D eigenvalue weighted by molar-refractivity contribution is 7.60. The molecule has 8 heteroatoms. The average molecular weight is 378 g/mol. The smallest absolute Gasteiger partial charge is 0.302 e. The molecule has 1 aromatic carbocycles. The molecule has 0 aliphatic carbocycles. The van der Waals surface area contributed by atoms with Crippen molar-refractivity contribution < 1.29 is 31.6 Å². The Labute approximate surface area is 145 Å². The monoisotopic (exact) mass is 378 g/mol. The molecular weight excluding hydrogens is 356 g/mol. The summed E-state index contributed by atoms with van der Waals surface area (Å²) in [5, 5.41) is -0.411. The lowest BCUT2D eigenvalue weighted by atomic mass is 10.1. The molecule has 0 aliphatic rings. The molecule has 0 bridgehead atoms. The molecule has 140 valence electrons. The predicted octanol–water partition coefficient (Wildman–Crippen LogP) is 5.68. The summed E-state index contributed by atoms with van der Waals surface area (Å²) in [7, 11) is -4.09.